The SMILES string of the molecule is CCOc1cc(CN2CCn3c(CO)nnc3C2)ccc1OC1CCCC1. The van der Waals surface area contributed by atoms with Crippen LogP contribution in [0.2, 0.25) is 0 Å². The zero-order valence-corrected chi connectivity index (χ0v) is 15.9. The van der Waals surface area contributed by atoms with Crippen molar-refractivity contribution in [3.05, 3.63) is 35.4 Å². The molecular weight excluding hydrogens is 344 g/mol. The van der Waals surface area contributed by atoms with Crippen LogP contribution in [0.25, 0.3) is 0 Å². The molecule has 0 amide bonds. The Labute approximate surface area is 159 Å². The summed E-state index contributed by atoms with van der Waals surface area (Å²) in [6, 6.07) is 6.28. The summed E-state index contributed by atoms with van der Waals surface area (Å²) in [6.45, 7) is 5.83. The Morgan fingerprint density at radius 3 is 2.78 bits per heavy atom. The van der Waals surface area contributed by atoms with E-state index in [1.807, 2.05) is 11.5 Å². The van der Waals surface area contributed by atoms with Gasteiger partial charge in [-0.3, -0.25) is 4.90 Å². The van der Waals surface area contributed by atoms with Gasteiger partial charge >= 0.3 is 0 Å². The molecule has 1 aromatic carbocycles. The third-order valence-electron chi connectivity index (χ3n) is 5.36. The van der Waals surface area contributed by atoms with Gasteiger partial charge in [0.05, 0.1) is 19.3 Å². The Hall–Kier alpha value is -2.12. The maximum atomic E-state index is 9.33. The molecule has 0 saturated heterocycles. The molecule has 1 saturated carbocycles. The Kier molecular flexibility index (Phi) is 5.59. The molecule has 146 valence electrons. The molecule has 0 spiro atoms. The Morgan fingerprint density at radius 1 is 1.15 bits per heavy atom. The molecule has 0 atom stereocenters. The van der Waals surface area contributed by atoms with Gasteiger partial charge in [-0.15, -0.1) is 10.2 Å². The lowest BCUT2D eigenvalue weighted by atomic mass is 10.1. The first-order chi connectivity index (χ1) is 13.3. The summed E-state index contributed by atoms with van der Waals surface area (Å²) in [6.07, 6.45) is 5.10. The highest BCUT2D eigenvalue weighted by Gasteiger charge is 2.22. The van der Waals surface area contributed by atoms with Crippen LogP contribution in [-0.2, 0) is 26.2 Å². The first kappa shape index (κ1) is 18.3. The quantitative estimate of drug-likeness (QED) is 0.805. The van der Waals surface area contributed by atoms with Crippen molar-refractivity contribution < 1.29 is 14.6 Å². The fraction of sp³-hybridized carbons (Fsp3) is 0.600. The number of aliphatic hydroxyl groups is 1. The van der Waals surface area contributed by atoms with Crippen molar-refractivity contribution in [1.82, 2.24) is 19.7 Å². The minimum absolute atomic E-state index is 0.0623. The van der Waals surface area contributed by atoms with E-state index in [1.54, 1.807) is 0 Å². The van der Waals surface area contributed by atoms with E-state index in [-0.39, 0.29) is 6.61 Å². The molecule has 1 fully saturated rings. The van der Waals surface area contributed by atoms with E-state index in [0.29, 0.717) is 18.5 Å². The number of rotatable bonds is 7. The van der Waals surface area contributed by atoms with E-state index in [1.165, 1.54) is 18.4 Å². The summed E-state index contributed by atoms with van der Waals surface area (Å²) in [4.78, 5) is 2.34. The highest BCUT2D eigenvalue weighted by Crippen LogP contribution is 2.33. The number of aliphatic hydroxyl groups excluding tert-OH is 1. The molecule has 0 unspecified atom stereocenters. The lowest BCUT2D eigenvalue weighted by molar-refractivity contribution is 0.193. The van der Waals surface area contributed by atoms with Gasteiger partial charge in [0.2, 0.25) is 0 Å². The number of ether oxygens (including phenoxy) is 2. The molecule has 2 aromatic rings. The smallest absolute Gasteiger partial charge is 0.161 e. The molecule has 1 N–H and O–H groups in total. The first-order valence-electron chi connectivity index (χ1n) is 9.93. The Morgan fingerprint density at radius 2 is 2.00 bits per heavy atom. The Balaban J connectivity index is 1.44. The fourth-order valence-corrected chi connectivity index (χ4v) is 3.98. The molecule has 1 aliphatic carbocycles. The molecule has 4 rings (SSSR count). The second kappa shape index (κ2) is 8.27. The topological polar surface area (TPSA) is 72.6 Å². The fourth-order valence-electron chi connectivity index (χ4n) is 3.98. The Bertz CT molecular complexity index is 771. The molecule has 2 aliphatic rings. The molecular formula is C20H28N4O3. The van der Waals surface area contributed by atoms with Gasteiger partial charge in [-0.25, -0.2) is 0 Å². The van der Waals surface area contributed by atoms with E-state index < -0.39 is 0 Å². The summed E-state index contributed by atoms with van der Waals surface area (Å²) in [5.41, 5.74) is 1.20. The molecule has 1 aliphatic heterocycles. The lowest BCUT2D eigenvalue weighted by Crippen LogP contribution is -2.34. The predicted molar refractivity (Wildman–Crippen MR) is 101 cm³/mol. The molecule has 7 nitrogen and oxygen atoms in total. The van der Waals surface area contributed by atoms with Gasteiger partial charge < -0.3 is 19.1 Å². The van der Waals surface area contributed by atoms with Crippen molar-refractivity contribution in [2.75, 3.05) is 13.2 Å². The van der Waals surface area contributed by atoms with Crippen LogP contribution in [-0.4, -0.2) is 44.0 Å². The van der Waals surface area contributed by atoms with Crippen LogP contribution < -0.4 is 9.47 Å². The van der Waals surface area contributed by atoms with Crippen LogP contribution in [0, 0.1) is 0 Å². The maximum Gasteiger partial charge on any atom is 0.161 e. The second-order valence-corrected chi connectivity index (χ2v) is 7.29. The van der Waals surface area contributed by atoms with E-state index in [2.05, 4.69) is 33.3 Å². The molecule has 27 heavy (non-hydrogen) atoms. The average molecular weight is 372 g/mol. The van der Waals surface area contributed by atoms with Gasteiger partial charge in [-0.05, 0) is 50.3 Å². The van der Waals surface area contributed by atoms with Crippen molar-refractivity contribution in [2.24, 2.45) is 0 Å². The van der Waals surface area contributed by atoms with E-state index in [4.69, 9.17) is 9.47 Å². The normalized spacial score (nSPS) is 17.9. The minimum atomic E-state index is -0.0623. The number of hydrogen-bond acceptors (Lipinski definition) is 6. The van der Waals surface area contributed by atoms with Gasteiger partial charge in [0.15, 0.2) is 17.3 Å². The summed E-state index contributed by atoms with van der Waals surface area (Å²) in [5.74, 6) is 3.26. The molecule has 1 aromatic heterocycles. The van der Waals surface area contributed by atoms with Crippen LogP contribution in [0.1, 0.15) is 49.8 Å². The molecule has 7 heteroatoms. The van der Waals surface area contributed by atoms with Gasteiger partial charge in [0.1, 0.15) is 12.4 Å². The largest absolute Gasteiger partial charge is 0.490 e. The van der Waals surface area contributed by atoms with Crippen molar-refractivity contribution in [3.8, 4) is 11.5 Å². The van der Waals surface area contributed by atoms with Crippen molar-refractivity contribution >= 4 is 0 Å². The summed E-state index contributed by atoms with van der Waals surface area (Å²) >= 11 is 0. The van der Waals surface area contributed by atoms with Crippen LogP contribution >= 0.6 is 0 Å². The summed E-state index contributed by atoms with van der Waals surface area (Å²) in [7, 11) is 0. The van der Waals surface area contributed by atoms with E-state index in [0.717, 1.165) is 56.3 Å². The monoisotopic (exact) mass is 372 g/mol. The van der Waals surface area contributed by atoms with E-state index in [9.17, 15) is 5.11 Å². The average Bonchev–Trinajstić information content (AvgIpc) is 3.33. The second-order valence-electron chi connectivity index (χ2n) is 7.29. The third-order valence-corrected chi connectivity index (χ3v) is 5.36. The third kappa shape index (κ3) is 4.09. The van der Waals surface area contributed by atoms with Crippen LogP contribution in [0.3, 0.4) is 0 Å². The zero-order chi connectivity index (χ0) is 18.6. The van der Waals surface area contributed by atoms with E-state index >= 15 is 0 Å². The van der Waals surface area contributed by atoms with Crippen molar-refractivity contribution in [3.63, 3.8) is 0 Å². The standard InChI is InChI=1S/C20H28N4O3/c1-2-26-18-11-15(7-8-17(18)27-16-5-3-4-6-16)12-23-9-10-24-19(13-23)21-22-20(24)14-25/h7-8,11,16,25H,2-6,9-10,12-14H2,1H3. The highest BCUT2D eigenvalue weighted by molar-refractivity contribution is 5.43. The van der Waals surface area contributed by atoms with Crippen LogP contribution in [0.15, 0.2) is 18.2 Å². The predicted octanol–water partition coefficient (Wildman–Crippen LogP) is 2.51. The van der Waals surface area contributed by atoms with Gasteiger partial charge in [-0.2, -0.15) is 0 Å². The minimum Gasteiger partial charge on any atom is -0.490 e. The molecule has 2 heterocycles. The number of hydrogen-bond donors (Lipinski definition) is 1. The number of fused-ring (bicyclic) bond motifs is 1. The number of aromatic nitrogens is 3. The molecule has 0 radical (unpaired) electrons. The first-order valence-corrected chi connectivity index (χ1v) is 9.93. The van der Waals surface area contributed by atoms with Crippen molar-refractivity contribution in [2.45, 2.75) is 65.0 Å². The number of benzene rings is 1. The van der Waals surface area contributed by atoms with Gasteiger partial charge in [-0.1, -0.05) is 6.07 Å². The zero-order valence-electron chi connectivity index (χ0n) is 15.9. The van der Waals surface area contributed by atoms with Gasteiger partial charge in [0, 0.05) is 19.6 Å². The molecule has 0 bridgehead atoms. The highest BCUT2D eigenvalue weighted by atomic mass is 16.5. The van der Waals surface area contributed by atoms with Crippen LogP contribution in [0.4, 0.5) is 0 Å². The maximum absolute atomic E-state index is 9.33. The number of nitrogens with zero attached hydrogens (tertiary/aromatic N) is 4. The summed E-state index contributed by atoms with van der Waals surface area (Å²) in [5, 5.41) is 17.6. The lowest BCUT2D eigenvalue weighted by Gasteiger charge is -2.28. The van der Waals surface area contributed by atoms with Crippen molar-refractivity contribution in [1.29, 1.82) is 0 Å². The van der Waals surface area contributed by atoms with Gasteiger partial charge in [0.25, 0.3) is 0 Å². The summed E-state index contributed by atoms with van der Waals surface area (Å²) < 4.78 is 14.0. The van der Waals surface area contributed by atoms with Crippen LogP contribution in [0.5, 0.6) is 11.5 Å².